The van der Waals surface area contributed by atoms with Gasteiger partial charge in [0.15, 0.2) is 28.7 Å². The molecule has 0 spiro atoms. The number of carbonyl (C=O) groups is 1. The van der Waals surface area contributed by atoms with E-state index in [1.807, 2.05) is 19.1 Å². The molecule has 4 rings (SSSR count). The number of ether oxygens (including phenoxy) is 2. The lowest BCUT2D eigenvalue weighted by atomic mass is 10.1. The first-order valence-corrected chi connectivity index (χ1v) is 9.05. The van der Waals surface area contributed by atoms with Gasteiger partial charge in [-0.05, 0) is 31.2 Å². The Hall–Kier alpha value is -4.14. The second-order valence-electron chi connectivity index (χ2n) is 6.60. The molecule has 2 aromatic heterocycles. The number of fused-ring (bicyclic) bond motifs is 1. The molecule has 0 unspecified atom stereocenters. The molecule has 0 bridgehead atoms. The van der Waals surface area contributed by atoms with E-state index in [1.54, 1.807) is 30.3 Å². The van der Waals surface area contributed by atoms with Gasteiger partial charge in [0.2, 0.25) is 0 Å². The van der Waals surface area contributed by atoms with Crippen molar-refractivity contribution in [2.24, 2.45) is 5.73 Å². The van der Waals surface area contributed by atoms with Gasteiger partial charge in [-0.2, -0.15) is 0 Å². The van der Waals surface area contributed by atoms with Crippen LogP contribution < -0.4 is 20.9 Å². The minimum absolute atomic E-state index is 0.0946. The minimum atomic E-state index is -0.789. The Bertz CT molecular complexity index is 1320. The number of hydrogen-bond donors (Lipinski definition) is 2. The van der Waals surface area contributed by atoms with Crippen molar-refractivity contribution in [2.75, 3.05) is 14.2 Å². The second kappa shape index (κ2) is 7.36. The quantitative estimate of drug-likeness (QED) is 0.524. The van der Waals surface area contributed by atoms with Gasteiger partial charge in [0.25, 0.3) is 5.91 Å². The molecule has 0 radical (unpaired) electrons. The third kappa shape index (κ3) is 3.06. The van der Waals surface area contributed by atoms with E-state index in [4.69, 9.17) is 15.2 Å². The zero-order valence-corrected chi connectivity index (χ0v) is 16.6. The number of primary amides is 1. The fraction of sp³-hybridized carbons (Fsp3) is 0.143. The summed E-state index contributed by atoms with van der Waals surface area (Å²) in [6.07, 6.45) is 0. The van der Waals surface area contributed by atoms with Gasteiger partial charge in [-0.3, -0.25) is 4.79 Å². The number of amides is 1. The van der Waals surface area contributed by atoms with Crippen molar-refractivity contribution in [3.63, 3.8) is 0 Å². The molecule has 30 heavy (non-hydrogen) atoms. The van der Waals surface area contributed by atoms with Gasteiger partial charge in [0.05, 0.1) is 25.5 Å². The largest absolute Gasteiger partial charge is 0.493 e. The summed E-state index contributed by atoms with van der Waals surface area (Å²) in [4.78, 5) is 36.4. The number of carbonyl (C=O) groups excluding carboxylic acids is 1. The summed E-state index contributed by atoms with van der Waals surface area (Å²) in [5.74, 6) is 0.258. The van der Waals surface area contributed by atoms with Crippen LogP contribution in [-0.2, 0) is 0 Å². The first-order chi connectivity index (χ1) is 14.4. The van der Waals surface area contributed by atoms with E-state index in [0.717, 1.165) is 5.56 Å². The lowest BCUT2D eigenvalue weighted by molar-refractivity contribution is 0.0997. The smallest absolute Gasteiger partial charge is 0.332 e. The van der Waals surface area contributed by atoms with Gasteiger partial charge in [0, 0.05) is 0 Å². The molecular formula is C21H19N5O4. The third-order valence-electron chi connectivity index (χ3n) is 4.71. The molecule has 9 nitrogen and oxygen atoms in total. The highest BCUT2D eigenvalue weighted by Crippen LogP contribution is 2.37. The topological polar surface area (TPSA) is 125 Å². The molecule has 1 amide bonds. The highest BCUT2D eigenvalue weighted by Gasteiger charge is 2.22. The first-order valence-electron chi connectivity index (χ1n) is 9.05. The number of nitrogens with two attached hydrogens (primary N) is 1. The van der Waals surface area contributed by atoms with Crippen molar-refractivity contribution in [1.82, 2.24) is 19.5 Å². The molecule has 9 heteroatoms. The lowest BCUT2D eigenvalue weighted by Crippen LogP contribution is -2.15. The average molecular weight is 405 g/mol. The monoisotopic (exact) mass is 405 g/mol. The van der Waals surface area contributed by atoms with Crippen molar-refractivity contribution < 1.29 is 14.3 Å². The Morgan fingerprint density at radius 3 is 2.43 bits per heavy atom. The molecule has 152 valence electrons. The van der Waals surface area contributed by atoms with Crippen molar-refractivity contribution in [2.45, 2.75) is 6.92 Å². The number of nitrogens with zero attached hydrogens (tertiary/aromatic N) is 3. The van der Waals surface area contributed by atoms with Crippen LogP contribution in [0.1, 0.15) is 16.1 Å². The van der Waals surface area contributed by atoms with Gasteiger partial charge < -0.3 is 20.2 Å². The molecule has 0 fully saturated rings. The first kappa shape index (κ1) is 19.2. The number of nitrogens with one attached hydrogen (secondary N) is 1. The highest BCUT2D eigenvalue weighted by molar-refractivity contribution is 6.02. The van der Waals surface area contributed by atoms with E-state index in [0.29, 0.717) is 22.7 Å². The Kier molecular flexibility index (Phi) is 4.71. The van der Waals surface area contributed by atoms with Crippen molar-refractivity contribution in [3.05, 3.63) is 64.2 Å². The van der Waals surface area contributed by atoms with Crippen LogP contribution in [0.25, 0.3) is 28.2 Å². The van der Waals surface area contributed by atoms with Crippen LogP contribution in [0.3, 0.4) is 0 Å². The molecule has 0 saturated heterocycles. The predicted molar refractivity (Wildman–Crippen MR) is 111 cm³/mol. The van der Waals surface area contributed by atoms with Gasteiger partial charge >= 0.3 is 5.69 Å². The van der Waals surface area contributed by atoms with E-state index in [2.05, 4.69) is 15.0 Å². The van der Waals surface area contributed by atoms with Crippen LogP contribution >= 0.6 is 0 Å². The number of aromatic nitrogens is 4. The molecule has 2 aromatic carbocycles. The van der Waals surface area contributed by atoms with Crippen LogP contribution in [0, 0.1) is 6.92 Å². The normalized spacial score (nSPS) is 10.9. The molecule has 0 saturated carbocycles. The number of methoxy groups -OCH3 is 2. The number of benzene rings is 2. The fourth-order valence-electron chi connectivity index (χ4n) is 3.28. The van der Waals surface area contributed by atoms with E-state index < -0.39 is 11.6 Å². The average Bonchev–Trinajstić information content (AvgIpc) is 3.08. The molecule has 3 N–H and O–H groups in total. The van der Waals surface area contributed by atoms with E-state index in [-0.39, 0.29) is 22.7 Å². The van der Waals surface area contributed by atoms with Gasteiger partial charge in [-0.1, -0.05) is 23.8 Å². The second-order valence-corrected chi connectivity index (χ2v) is 6.60. The number of aryl methyl sites for hydroxylation is 1. The SMILES string of the molecule is COc1cccc(-c2nc(C(N)=O)c3[nH]c(=O)n(-c4ccc(C)cc4)c3n2)c1OC. The zero-order valence-electron chi connectivity index (χ0n) is 16.6. The Morgan fingerprint density at radius 1 is 1.07 bits per heavy atom. The summed E-state index contributed by atoms with van der Waals surface area (Å²) in [6, 6.07) is 12.6. The Morgan fingerprint density at radius 2 is 1.80 bits per heavy atom. The predicted octanol–water partition coefficient (Wildman–Crippen LogP) is 2.20. The minimum Gasteiger partial charge on any atom is -0.493 e. The molecule has 0 aliphatic heterocycles. The Labute approximate surface area is 171 Å². The summed E-state index contributed by atoms with van der Waals surface area (Å²) in [5, 5.41) is 0. The maximum absolute atomic E-state index is 12.7. The number of para-hydroxylation sites is 1. The van der Waals surface area contributed by atoms with Crippen molar-refractivity contribution >= 4 is 17.1 Å². The van der Waals surface area contributed by atoms with Crippen LogP contribution in [0.5, 0.6) is 11.5 Å². The summed E-state index contributed by atoms with van der Waals surface area (Å²) >= 11 is 0. The molecular weight excluding hydrogens is 386 g/mol. The molecule has 0 aliphatic carbocycles. The zero-order chi connectivity index (χ0) is 21.4. The van der Waals surface area contributed by atoms with Crippen molar-refractivity contribution in [1.29, 1.82) is 0 Å². The summed E-state index contributed by atoms with van der Waals surface area (Å²) < 4.78 is 12.2. The number of imidazole rings is 1. The van der Waals surface area contributed by atoms with Crippen LogP contribution in [0.15, 0.2) is 47.3 Å². The highest BCUT2D eigenvalue weighted by atomic mass is 16.5. The van der Waals surface area contributed by atoms with E-state index in [1.165, 1.54) is 18.8 Å². The maximum atomic E-state index is 12.7. The fourth-order valence-corrected chi connectivity index (χ4v) is 3.28. The molecule has 4 aromatic rings. The number of H-pyrrole nitrogens is 1. The van der Waals surface area contributed by atoms with E-state index in [9.17, 15) is 9.59 Å². The Balaban J connectivity index is 2.07. The van der Waals surface area contributed by atoms with E-state index >= 15 is 0 Å². The number of aromatic amines is 1. The summed E-state index contributed by atoms with van der Waals surface area (Å²) in [7, 11) is 3.01. The maximum Gasteiger partial charge on any atom is 0.332 e. The summed E-state index contributed by atoms with van der Waals surface area (Å²) in [6.45, 7) is 1.95. The van der Waals surface area contributed by atoms with Gasteiger partial charge in [-0.25, -0.2) is 19.3 Å². The molecule has 0 atom stereocenters. The van der Waals surface area contributed by atoms with Crippen molar-refractivity contribution in [3.8, 4) is 28.6 Å². The van der Waals surface area contributed by atoms with Gasteiger partial charge in [-0.15, -0.1) is 0 Å². The summed E-state index contributed by atoms with van der Waals surface area (Å²) in [5.41, 5.74) is 7.52. The van der Waals surface area contributed by atoms with Crippen LogP contribution in [-0.4, -0.2) is 39.6 Å². The number of hydrogen-bond acceptors (Lipinski definition) is 6. The lowest BCUT2D eigenvalue weighted by Gasteiger charge is -2.12. The van der Waals surface area contributed by atoms with Gasteiger partial charge in [0.1, 0.15) is 5.52 Å². The third-order valence-corrected chi connectivity index (χ3v) is 4.71. The number of rotatable bonds is 5. The molecule has 0 aliphatic rings. The van der Waals surface area contributed by atoms with Crippen LogP contribution in [0.2, 0.25) is 0 Å². The standard InChI is InChI=1S/C21H19N5O4/c1-11-7-9-12(10-8-11)26-20-16(24-21(26)28)15(18(22)27)23-19(25-20)13-5-4-6-14(29-2)17(13)30-3/h4-10H,1-3H3,(H2,22,27)(H,24,28). The molecule has 2 heterocycles. The van der Waals surface area contributed by atoms with Crippen LogP contribution in [0.4, 0.5) is 0 Å².